The minimum Gasteiger partial charge on any atom is -0.491 e. The van der Waals surface area contributed by atoms with Crippen LogP contribution in [0.3, 0.4) is 0 Å². The molecule has 1 rings (SSSR count). The van der Waals surface area contributed by atoms with E-state index in [4.69, 9.17) is 16.3 Å². The average molecular weight is 271 g/mol. The maximum Gasteiger partial charge on any atom is 0.119 e. The van der Waals surface area contributed by atoms with E-state index in [1.54, 1.807) is 12.1 Å². The molecular weight excluding hydrogens is 248 g/mol. The lowest BCUT2D eigenvalue weighted by Crippen LogP contribution is -2.17. The maximum absolute atomic E-state index is 9.77. The Morgan fingerprint density at radius 3 is 2.44 bits per heavy atom. The first kappa shape index (κ1) is 15.3. The number of benzene rings is 1. The Labute approximate surface area is 115 Å². The molecule has 0 radical (unpaired) electrons. The first-order valence-corrected chi connectivity index (χ1v) is 7.16. The second-order valence-corrected chi connectivity index (χ2v) is 5.06. The third-order valence-electron chi connectivity index (χ3n) is 2.90. The molecule has 0 bridgehead atoms. The Hall–Kier alpha value is -0.730. The number of unbranched alkanes of at least 4 members (excludes halogenated alkanes) is 4. The second-order valence-electron chi connectivity index (χ2n) is 4.62. The van der Waals surface area contributed by atoms with Gasteiger partial charge in [-0.05, 0) is 30.7 Å². The van der Waals surface area contributed by atoms with Crippen molar-refractivity contribution in [2.45, 2.75) is 51.6 Å². The summed E-state index contributed by atoms with van der Waals surface area (Å²) in [5.74, 6) is 0.754. The van der Waals surface area contributed by atoms with Gasteiger partial charge in [-0.2, -0.15) is 0 Å². The normalized spacial score (nSPS) is 12.4. The Morgan fingerprint density at radius 1 is 1.11 bits per heavy atom. The second kappa shape index (κ2) is 9.23. The number of halogens is 1. The van der Waals surface area contributed by atoms with Crippen molar-refractivity contribution in [2.24, 2.45) is 0 Å². The third-order valence-corrected chi connectivity index (χ3v) is 3.15. The predicted molar refractivity (Wildman–Crippen MR) is 76.3 cm³/mol. The number of ether oxygens (including phenoxy) is 1. The molecule has 0 saturated heterocycles. The Balaban J connectivity index is 2.09. The zero-order chi connectivity index (χ0) is 13.2. The molecule has 0 aliphatic heterocycles. The Kier molecular flexibility index (Phi) is 7.86. The highest BCUT2D eigenvalue weighted by Gasteiger charge is 2.05. The molecule has 2 nitrogen and oxygen atoms in total. The summed E-state index contributed by atoms with van der Waals surface area (Å²) in [7, 11) is 0. The van der Waals surface area contributed by atoms with Crippen molar-refractivity contribution in [1.82, 2.24) is 0 Å². The summed E-state index contributed by atoms with van der Waals surface area (Å²) in [6.45, 7) is 2.56. The molecule has 1 unspecified atom stereocenters. The quantitative estimate of drug-likeness (QED) is 0.672. The van der Waals surface area contributed by atoms with Crippen LogP contribution in [0.2, 0.25) is 5.02 Å². The molecule has 0 aliphatic rings. The zero-order valence-corrected chi connectivity index (χ0v) is 11.8. The predicted octanol–water partition coefficient (Wildman–Crippen LogP) is 4.44. The first-order chi connectivity index (χ1) is 8.72. The van der Waals surface area contributed by atoms with E-state index in [0.717, 1.165) is 18.6 Å². The van der Waals surface area contributed by atoms with E-state index in [2.05, 4.69) is 6.92 Å². The van der Waals surface area contributed by atoms with E-state index in [-0.39, 0.29) is 6.10 Å². The largest absolute Gasteiger partial charge is 0.491 e. The highest BCUT2D eigenvalue weighted by Crippen LogP contribution is 2.16. The Morgan fingerprint density at radius 2 is 1.78 bits per heavy atom. The molecule has 0 spiro atoms. The van der Waals surface area contributed by atoms with Crippen LogP contribution >= 0.6 is 11.6 Å². The van der Waals surface area contributed by atoms with Crippen LogP contribution in [0, 0.1) is 0 Å². The highest BCUT2D eigenvalue weighted by molar-refractivity contribution is 6.30. The van der Waals surface area contributed by atoms with E-state index in [0.29, 0.717) is 11.6 Å². The van der Waals surface area contributed by atoms with Gasteiger partial charge in [0.2, 0.25) is 0 Å². The summed E-state index contributed by atoms with van der Waals surface area (Å²) in [5, 5.41) is 10.5. The molecule has 0 heterocycles. The van der Waals surface area contributed by atoms with E-state index in [1.165, 1.54) is 25.7 Å². The molecule has 1 aromatic carbocycles. The van der Waals surface area contributed by atoms with E-state index < -0.39 is 0 Å². The van der Waals surface area contributed by atoms with Crippen molar-refractivity contribution < 1.29 is 9.84 Å². The van der Waals surface area contributed by atoms with Crippen LogP contribution in [0.1, 0.15) is 45.4 Å². The lowest BCUT2D eigenvalue weighted by Gasteiger charge is -2.12. The molecular formula is C15H23ClO2. The van der Waals surface area contributed by atoms with Crippen molar-refractivity contribution in [2.75, 3.05) is 6.61 Å². The van der Waals surface area contributed by atoms with Crippen LogP contribution in [-0.2, 0) is 0 Å². The molecule has 1 atom stereocenters. The zero-order valence-electron chi connectivity index (χ0n) is 11.1. The summed E-state index contributed by atoms with van der Waals surface area (Å²) in [4.78, 5) is 0. The molecule has 3 heteroatoms. The van der Waals surface area contributed by atoms with Gasteiger partial charge in [-0.1, -0.05) is 50.6 Å². The molecule has 1 N–H and O–H groups in total. The van der Waals surface area contributed by atoms with Gasteiger partial charge >= 0.3 is 0 Å². The summed E-state index contributed by atoms with van der Waals surface area (Å²) >= 11 is 5.78. The van der Waals surface area contributed by atoms with Gasteiger partial charge in [-0.15, -0.1) is 0 Å². The number of hydrogen-bond acceptors (Lipinski definition) is 2. The topological polar surface area (TPSA) is 29.5 Å². The van der Waals surface area contributed by atoms with Crippen LogP contribution in [0.5, 0.6) is 5.75 Å². The third kappa shape index (κ3) is 6.87. The van der Waals surface area contributed by atoms with Gasteiger partial charge in [0.25, 0.3) is 0 Å². The van der Waals surface area contributed by atoms with Crippen molar-refractivity contribution in [3.63, 3.8) is 0 Å². The van der Waals surface area contributed by atoms with E-state index in [9.17, 15) is 5.11 Å². The fourth-order valence-corrected chi connectivity index (χ4v) is 1.92. The summed E-state index contributed by atoms with van der Waals surface area (Å²) in [5.41, 5.74) is 0. The minimum atomic E-state index is -0.373. The first-order valence-electron chi connectivity index (χ1n) is 6.78. The summed E-state index contributed by atoms with van der Waals surface area (Å²) in [6.07, 6.45) is 6.53. The van der Waals surface area contributed by atoms with Crippen LogP contribution in [0.15, 0.2) is 24.3 Å². The van der Waals surface area contributed by atoms with Gasteiger partial charge in [0.05, 0.1) is 6.10 Å². The molecule has 0 fully saturated rings. The number of aliphatic hydroxyl groups is 1. The number of rotatable bonds is 9. The molecule has 102 valence electrons. The molecule has 0 amide bonds. The van der Waals surface area contributed by atoms with E-state index in [1.807, 2.05) is 12.1 Å². The standard InChI is InChI=1S/C15H23ClO2/c1-2-3-4-5-6-7-14(17)12-18-15-10-8-13(16)9-11-15/h8-11,14,17H,2-7,12H2,1H3. The smallest absolute Gasteiger partial charge is 0.119 e. The summed E-state index contributed by atoms with van der Waals surface area (Å²) in [6, 6.07) is 7.20. The van der Waals surface area contributed by atoms with Crippen LogP contribution in [0.4, 0.5) is 0 Å². The van der Waals surface area contributed by atoms with Gasteiger partial charge in [0, 0.05) is 5.02 Å². The number of hydrogen-bond donors (Lipinski definition) is 1. The van der Waals surface area contributed by atoms with Crippen molar-refractivity contribution in [3.05, 3.63) is 29.3 Å². The van der Waals surface area contributed by atoms with Gasteiger partial charge in [-0.3, -0.25) is 0 Å². The van der Waals surface area contributed by atoms with Crippen molar-refractivity contribution >= 4 is 11.6 Å². The summed E-state index contributed by atoms with van der Waals surface area (Å²) < 4.78 is 5.49. The average Bonchev–Trinajstić information content (AvgIpc) is 2.38. The van der Waals surface area contributed by atoms with Gasteiger partial charge < -0.3 is 9.84 Å². The lowest BCUT2D eigenvalue weighted by atomic mass is 10.1. The maximum atomic E-state index is 9.77. The fourth-order valence-electron chi connectivity index (χ4n) is 1.79. The molecule has 1 aromatic rings. The Bertz CT molecular complexity index is 311. The fraction of sp³-hybridized carbons (Fsp3) is 0.600. The monoisotopic (exact) mass is 270 g/mol. The van der Waals surface area contributed by atoms with Crippen molar-refractivity contribution in [3.8, 4) is 5.75 Å². The van der Waals surface area contributed by atoms with Gasteiger partial charge in [0.15, 0.2) is 0 Å². The van der Waals surface area contributed by atoms with Gasteiger partial charge in [-0.25, -0.2) is 0 Å². The lowest BCUT2D eigenvalue weighted by molar-refractivity contribution is 0.0975. The minimum absolute atomic E-state index is 0.357. The molecule has 0 aromatic heterocycles. The molecule has 0 aliphatic carbocycles. The van der Waals surface area contributed by atoms with E-state index >= 15 is 0 Å². The highest BCUT2D eigenvalue weighted by atomic mass is 35.5. The molecule has 0 saturated carbocycles. The molecule has 18 heavy (non-hydrogen) atoms. The SMILES string of the molecule is CCCCCCCC(O)COc1ccc(Cl)cc1. The number of aliphatic hydroxyl groups excluding tert-OH is 1. The van der Waals surface area contributed by atoms with Gasteiger partial charge in [0.1, 0.15) is 12.4 Å². The van der Waals surface area contributed by atoms with Crippen molar-refractivity contribution in [1.29, 1.82) is 0 Å². The van der Waals surface area contributed by atoms with Crippen LogP contribution < -0.4 is 4.74 Å². The van der Waals surface area contributed by atoms with Crippen LogP contribution in [0.25, 0.3) is 0 Å². The van der Waals surface area contributed by atoms with Crippen LogP contribution in [-0.4, -0.2) is 17.8 Å².